The molecule has 1 heterocycles. The van der Waals surface area contributed by atoms with Gasteiger partial charge in [0.25, 0.3) is 5.91 Å². The van der Waals surface area contributed by atoms with Crippen molar-refractivity contribution in [3.8, 4) is 22.3 Å². The van der Waals surface area contributed by atoms with Gasteiger partial charge in [-0.05, 0) is 68.4 Å². The van der Waals surface area contributed by atoms with Gasteiger partial charge < -0.3 is 16.0 Å². The van der Waals surface area contributed by atoms with E-state index in [1.165, 1.54) is 11.1 Å². The van der Waals surface area contributed by atoms with Gasteiger partial charge in [0.15, 0.2) is 0 Å². The van der Waals surface area contributed by atoms with Gasteiger partial charge in [-0.3, -0.25) is 4.79 Å². The fourth-order valence-corrected chi connectivity index (χ4v) is 3.11. The smallest absolute Gasteiger partial charge is 0.251 e. The molecular formula is C24H28N4O. The summed E-state index contributed by atoms with van der Waals surface area (Å²) < 4.78 is 0. The summed E-state index contributed by atoms with van der Waals surface area (Å²) >= 11 is 0. The molecule has 3 rings (SSSR count). The zero-order valence-corrected chi connectivity index (χ0v) is 17.5. The van der Waals surface area contributed by atoms with Gasteiger partial charge in [-0.15, -0.1) is 0 Å². The zero-order valence-electron chi connectivity index (χ0n) is 17.5. The Bertz CT molecular complexity index is 1030. The molecule has 3 N–H and O–H groups in total. The van der Waals surface area contributed by atoms with Gasteiger partial charge in [0, 0.05) is 36.0 Å². The van der Waals surface area contributed by atoms with E-state index in [-0.39, 0.29) is 5.91 Å². The van der Waals surface area contributed by atoms with Crippen LogP contribution in [0, 0.1) is 13.8 Å². The molecule has 0 unspecified atom stereocenters. The highest BCUT2D eigenvalue weighted by molar-refractivity contribution is 5.95. The van der Waals surface area contributed by atoms with Crippen molar-refractivity contribution in [2.75, 3.05) is 32.9 Å². The van der Waals surface area contributed by atoms with Crippen LogP contribution in [0.25, 0.3) is 22.3 Å². The number of nitrogens with zero attached hydrogens (tertiary/aromatic N) is 2. The molecule has 0 radical (unpaired) electrons. The lowest BCUT2D eigenvalue weighted by atomic mass is 9.97. The third-order valence-electron chi connectivity index (χ3n) is 5.04. The Kier molecular flexibility index (Phi) is 6.29. The molecule has 29 heavy (non-hydrogen) atoms. The third-order valence-corrected chi connectivity index (χ3v) is 5.04. The maximum absolute atomic E-state index is 12.5. The van der Waals surface area contributed by atoms with Gasteiger partial charge >= 0.3 is 0 Å². The molecule has 3 aromatic rings. The van der Waals surface area contributed by atoms with Gasteiger partial charge in [-0.1, -0.05) is 30.3 Å². The molecular weight excluding hydrogens is 360 g/mol. The van der Waals surface area contributed by atoms with Gasteiger partial charge in [0.2, 0.25) is 0 Å². The number of aryl methyl sites for hydroxylation is 2. The highest BCUT2D eigenvalue weighted by Gasteiger charge is 2.11. The number of pyridine rings is 1. The summed E-state index contributed by atoms with van der Waals surface area (Å²) in [5.41, 5.74) is 13.0. The molecule has 150 valence electrons. The zero-order chi connectivity index (χ0) is 21.0. The Labute approximate surface area is 172 Å². The van der Waals surface area contributed by atoms with Crippen molar-refractivity contribution in [2.45, 2.75) is 13.8 Å². The molecule has 1 aromatic heterocycles. The number of nitrogens with two attached hydrogens (primary N) is 1. The van der Waals surface area contributed by atoms with E-state index >= 15 is 0 Å². The molecule has 0 aliphatic carbocycles. The summed E-state index contributed by atoms with van der Waals surface area (Å²) in [6.45, 7) is 5.58. The van der Waals surface area contributed by atoms with E-state index in [1.54, 1.807) is 6.20 Å². The molecule has 0 aliphatic heterocycles. The Hall–Kier alpha value is -3.18. The number of anilines is 1. The summed E-state index contributed by atoms with van der Waals surface area (Å²) in [7, 11) is 3.96. The van der Waals surface area contributed by atoms with Crippen molar-refractivity contribution in [3.63, 3.8) is 0 Å². The molecule has 0 spiro atoms. The third kappa shape index (κ3) is 5.00. The average Bonchev–Trinajstić information content (AvgIpc) is 2.70. The highest BCUT2D eigenvalue weighted by atomic mass is 16.1. The lowest BCUT2D eigenvalue weighted by Gasteiger charge is -2.12. The van der Waals surface area contributed by atoms with E-state index in [0.29, 0.717) is 17.9 Å². The molecule has 0 saturated heterocycles. The quantitative estimate of drug-likeness (QED) is 0.672. The number of nitrogens with one attached hydrogen (secondary N) is 1. The van der Waals surface area contributed by atoms with Crippen LogP contribution in [0.15, 0.2) is 54.7 Å². The second kappa shape index (κ2) is 8.88. The Morgan fingerprint density at radius 3 is 2.52 bits per heavy atom. The summed E-state index contributed by atoms with van der Waals surface area (Å²) in [4.78, 5) is 18.9. The standard InChI is InChI=1S/C24H28N4O/c1-16-8-9-19(12-17(16)2)22-14-21(15-27-23(22)25)18-6-5-7-20(13-18)24(29)26-10-11-28(3)4/h5-9,12-15H,10-11H2,1-4H3,(H2,25,27)(H,26,29). The predicted molar refractivity (Wildman–Crippen MR) is 120 cm³/mol. The maximum atomic E-state index is 12.5. The van der Waals surface area contributed by atoms with Crippen LogP contribution in [0.4, 0.5) is 5.82 Å². The SMILES string of the molecule is Cc1ccc(-c2cc(-c3cccc(C(=O)NCCN(C)C)c3)cnc2N)cc1C. The summed E-state index contributed by atoms with van der Waals surface area (Å²) in [6.07, 6.45) is 1.75. The number of hydrogen-bond donors (Lipinski definition) is 2. The number of amides is 1. The van der Waals surface area contributed by atoms with E-state index < -0.39 is 0 Å². The van der Waals surface area contributed by atoms with Gasteiger partial charge in [0.05, 0.1) is 0 Å². The summed E-state index contributed by atoms with van der Waals surface area (Å²) in [5, 5.41) is 2.95. The Morgan fingerprint density at radius 2 is 1.79 bits per heavy atom. The van der Waals surface area contributed by atoms with Crippen LogP contribution < -0.4 is 11.1 Å². The number of carbonyl (C=O) groups excluding carboxylic acids is 1. The summed E-state index contributed by atoms with van der Waals surface area (Å²) in [5.74, 6) is 0.418. The monoisotopic (exact) mass is 388 g/mol. The molecule has 5 nitrogen and oxygen atoms in total. The largest absolute Gasteiger partial charge is 0.383 e. The average molecular weight is 389 g/mol. The van der Waals surface area contributed by atoms with E-state index in [9.17, 15) is 4.79 Å². The molecule has 0 atom stereocenters. The van der Waals surface area contributed by atoms with Crippen LogP contribution in [0.3, 0.4) is 0 Å². The minimum absolute atomic E-state index is 0.0773. The minimum Gasteiger partial charge on any atom is -0.383 e. The highest BCUT2D eigenvalue weighted by Crippen LogP contribution is 2.31. The van der Waals surface area contributed by atoms with Crippen LogP contribution in [0.1, 0.15) is 21.5 Å². The van der Waals surface area contributed by atoms with E-state index in [1.807, 2.05) is 49.3 Å². The number of nitrogen functional groups attached to an aromatic ring is 1. The van der Waals surface area contributed by atoms with Crippen molar-refractivity contribution in [1.82, 2.24) is 15.2 Å². The number of benzene rings is 2. The normalized spacial score (nSPS) is 10.9. The molecule has 2 aromatic carbocycles. The van der Waals surface area contributed by atoms with Crippen LogP contribution in [-0.2, 0) is 0 Å². The van der Waals surface area contributed by atoms with Crippen LogP contribution >= 0.6 is 0 Å². The molecule has 0 saturated carbocycles. The van der Waals surface area contributed by atoms with Crippen LogP contribution in [0.5, 0.6) is 0 Å². The van der Waals surface area contributed by atoms with Crippen molar-refractivity contribution in [3.05, 3.63) is 71.4 Å². The topological polar surface area (TPSA) is 71.2 Å². The number of hydrogen-bond acceptors (Lipinski definition) is 4. The first-order valence-electron chi connectivity index (χ1n) is 9.71. The van der Waals surface area contributed by atoms with E-state index in [2.05, 4.69) is 42.3 Å². The minimum atomic E-state index is -0.0773. The second-order valence-electron chi connectivity index (χ2n) is 7.60. The molecule has 0 aliphatic rings. The number of aromatic nitrogens is 1. The first-order chi connectivity index (χ1) is 13.8. The number of likely N-dealkylation sites (N-methyl/N-ethyl adjacent to an activating group) is 1. The predicted octanol–water partition coefficient (Wildman–Crippen LogP) is 3.91. The van der Waals surface area contributed by atoms with Crippen LogP contribution in [-0.4, -0.2) is 43.0 Å². The Morgan fingerprint density at radius 1 is 1.00 bits per heavy atom. The summed E-state index contributed by atoms with van der Waals surface area (Å²) in [6, 6.07) is 15.9. The molecule has 0 fully saturated rings. The van der Waals surface area contributed by atoms with Crippen molar-refractivity contribution < 1.29 is 4.79 Å². The molecule has 5 heteroatoms. The number of carbonyl (C=O) groups is 1. The van der Waals surface area contributed by atoms with E-state index in [0.717, 1.165) is 28.8 Å². The fourth-order valence-electron chi connectivity index (χ4n) is 3.11. The van der Waals surface area contributed by atoms with E-state index in [4.69, 9.17) is 5.73 Å². The lowest BCUT2D eigenvalue weighted by molar-refractivity contribution is 0.0951. The van der Waals surface area contributed by atoms with Gasteiger partial charge in [-0.2, -0.15) is 0 Å². The fraction of sp³-hybridized carbons (Fsp3) is 0.250. The van der Waals surface area contributed by atoms with Gasteiger partial charge in [0.1, 0.15) is 5.82 Å². The first kappa shape index (κ1) is 20.6. The first-order valence-corrected chi connectivity index (χ1v) is 9.71. The Balaban J connectivity index is 1.89. The van der Waals surface area contributed by atoms with Crippen LogP contribution in [0.2, 0.25) is 0 Å². The second-order valence-corrected chi connectivity index (χ2v) is 7.60. The van der Waals surface area contributed by atoms with Crippen molar-refractivity contribution in [1.29, 1.82) is 0 Å². The van der Waals surface area contributed by atoms with Crippen molar-refractivity contribution in [2.24, 2.45) is 0 Å². The lowest BCUT2D eigenvalue weighted by Crippen LogP contribution is -2.31. The maximum Gasteiger partial charge on any atom is 0.251 e. The molecule has 1 amide bonds. The van der Waals surface area contributed by atoms with Crippen molar-refractivity contribution >= 4 is 11.7 Å². The molecule has 0 bridgehead atoms. The number of rotatable bonds is 6. The van der Waals surface area contributed by atoms with Gasteiger partial charge in [-0.25, -0.2) is 4.98 Å².